The molecule has 0 spiro atoms. The first-order valence-corrected chi connectivity index (χ1v) is 6.65. The minimum absolute atomic E-state index is 0.128. The molecule has 1 N–H and O–H groups in total. The predicted octanol–water partition coefficient (Wildman–Crippen LogP) is 1.06. The van der Waals surface area contributed by atoms with E-state index < -0.39 is 0 Å². The predicted molar refractivity (Wildman–Crippen MR) is 74.7 cm³/mol. The quantitative estimate of drug-likeness (QED) is 0.678. The molecule has 0 aliphatic heterocycles. The van der Waals surface area contributed by atoms with Crippen LogP contribution in [-0.4, -0.2) is 49.1 Å². The van der Waals surface area contributed by atoms with Crippen molar-refractivity contribution >= 4 is 5.91 Å². The van der Waals surface area contributed by atoms with E-state index in [0.29, 0.717) is 32.7 Å². The van der Waals surface area contributed by atoms with E-state index in [-0.39, 0.29) is 5.91 Å². The van der Waals surface area contributed by atoms with E-state index in [2.05, 4.69) is 10.3 Å². The van der Waals surface area contributed by atoms with Crippen LogP contribution in [-0.2, 0) is 16.1 Å². The number of carbonyl (C=O) groups is 1. The van der Waals surface area contributed by atoms with Crippen molar-refractivity contribution in [1.82, 2.24) is 15.2 Å². The largest absolute Gasteiger partial charge is 0.383 e. The van der Waals surface area contributed by atoms with Crippen molar-refractivity contribution in [3.63, 3.8) is 0 Å². The number of pyridine rings is 1. The molecule has 0 saturated carbocycles. The van der Waals surface area contributed by atoms with E-state index in [1.165, 1.54) is 0 Å². The number of carbonyl (C=O) groups excluding carboxylic acids is 1. The van der Waals surface area contributed by atoms with Gasteiger partial charge in [-0.05, 0) is 18.7 Å². The number of rotatable bonds is 9. The molecular weight excluding hydrogens is 242 g/mol. The van der Waals surface area contributed by atoms with Gasteiger partial charge in [-0.25, -0.2) is 0 Å². The van der Waals surface area contributed by atoms with Crippen molar-refractivity contribution in [2.24, 2.45) is 0 Å². The number of hydrogen-bond donors (Lipinski definition) is 1. The number of amides is 1. The maximum absolute atomic E-state index is 12.1. The van der Waals surface area contributed by atoms with Gasteiger partial charge < -0.3 is 15.0 Å². The van der Waals surface area contributed by atoms with Crippen molar-refractivity contribution in [3.8, 4) is 0 Å². The van der Waals surface area contributed by atoms with Gasteiger partial charge in [0.2, 0.25) is 5.91 Å². The fourth-order valence-corrected chi connectivity index (χ4v) is 1.71. The summed E-state index contributed by atoms with van der Waals surface area (Å²) in [7, 11) is 1.64. The Kier molecular flexibility index (Phi) is 7.77. The number of aromatic nitrogens is 1. The molecule has 0 atom stereocenters. The monoisotopic (exact) mass is 265 g/mol. The van der Waals surface area contributed by atoms with Crippen molar-refractivity contribution in [2.75, 3.05) is 33.4 Å². The van der Waals surface area contributed by atoms with E-state index in [4.69, 9.17) is 4.74 Å². The zero-order valence-electron chi connectivity index (χ0n) is 11.8. The van der Waals surface area contributed by atoms with Crippen LogP contribution < -0.4 is 5.32 Å². The molecule has 0 saturated heterocycles. The number of nitrogens with one attached hydrogen (secondary N) is 1. The van der Waals surface area contributed by atoms with E-state index in [1.54, 1.807) is 18.2 Å². The number of hydrogen-bond acceptors (Lipinski definition) is 4. The van der Waals surface area contributed by atoms with Gasteiger partial charge in [0.25, 0.3) is 0 Å². The van der Waals surface area contributed by atoms with Crippen molar-refractivity contribution in [1.29, 1.82) is 0 Å². The van der Waals surface area contributed by atoms with Crippen molar-refractivity contribution in [2.45, 2.75) is 19.9 Å². The van der Waals surface area contributed by atoms with Crippen LogP contribution in [0.15, 0.2) is 24.4 Å². The van der Waals surface area contributed by atoms with Gasteiger partial charge in [-0.1, -0.05) is 13.0 Å². The minimum Gasteiger partial charge on any atom is -0.383 e. The maximum atomic E-state index is 12.1. The molecule has 1 rings (SSSR count). The average Bonchev–Trinajstić information content (AvgIpc) is 2.44. The molecule has 0 aliphatic rings. The van der Waals surface area contributed by atoms with Gasteiger partial charge >= 0.3 is 0 Å². The molecule has 0 unspecified atom stereocenters. The summed E-state index contributed by atoms with van der Waals surface area (Å²) in [5.74, 6) is 0.128. The Bertz CT molecular complexity index is 357. The van der Waals surface area contributed by atoms with Crippen LogP contribution in [0.2, 0.25) is 0 Å². The van der Waals surface area contributed by atoms with E-state index in [1.807, 2.05) is 25.1 Å². The van der Waals surface area contributed by atoms with Gasteiger partial charge in [-0.3, -0.25) is 9.78 Å². The van der Waals surface area contributed by atoms with E-state index in [9.17, 15) is 4.79 Å². The molecular formula is C14H23N3O2. The van der Waals surface area contributed by atoms with Crippen LogP contribution in [0.25, 0.3) is 0 Å². The summed E-state index contributed by atoms with van der Waals surface area (Å²) in [5.41, 5.74) is 0.899. The zero-order valence-corrected chi connectivity index (χ0v) is 11.8. The first-order valence-electron chi connectivity index (χ1n) is 6.65. The first kappa shape index (κ1) is 15.6. The minimum atomic E-state index is 0.128. The summed E-state index contributed by atoms with van der Waals surface area (Å²) < 4.78 is 5.06. The Morgan fingerprint density at radius 2 is 2.32 bits per heavy atom. The van der Waals surface area contributed by atoms with Crippen molar-refractivity contribution in [3.05, 3.63) is 30.1 Å². The van der Waals surface area contributed by atoms with Crippen LogP contribution in [0.1, 0.15) is 19.0 Å². The Hall–Kier alpha value is -1.46. The van der Waals surface area contributed by atoms with Crippen LogP contribution in [0.3, 0.4) is 0 Å². The van der Waals surface area contributed by atoms with Crippen molar-refractivity contribution < 1.29 is 9.53 Å². The lowest BCUT2D eigenvalue weighted by molar-refractivity contribution is -0.132. The maximum Gasteiger partial charge on any atom is 0.224 e. The molecule has 0 radical (unpaired) electrons. The lowest BCUT2D eigenvalue weighted by Crippen LogP contribution is -2.35. The summed E-state index contributed by atoms with van der Waals surface area (Å²) in [4.78, 5) is 18.2. The second-order valence-corrected chi connectivity index (χ2v) is 4.23. The molecule has 1 amide bonds. The van der Waals surface area contributed by atoms with Gasteiger partial charge in [0.15, 0.2) is 0 Å². The molecule has 1 heterocycles. The topological polar surface area (TPSA) is 54.5 Å². The highest BCUT2D eigenvalue weighted by Gasteiger charge is 2.13. The fraction of sp³-hybridized carbons (Fsp3) is 0.571. The third-order valence-electron chi connectivity index (χ3n) is 2.76. The Balaban J connectivity index is 2.53. The highest BCUT2D eigenvalue weighted by molar-refractivity contribution is 5.76. The van der Waals surface area contributed by atoms with Crippen LogP contribution in [0.4, 0.5) is 0 Å². The fourth-order valence-electron chi connectivity index (χ4n) is 1.71. The van der Waals surface area contributed by atoms with E-state index >= 15 is 0 Å². The molecule has 1 aromatic heterocycles. The van der Waals surface area contributed by atoms with Gasteiger partial charge in [-0.15, -0.1) is 0 Å². The second-order valence-electron chi connectivity index (χ2n) is 4.23. The van der Waals surface area contributed by atoms with Gasteiger partial charge in [-0.2, -0.15) is 0 Å². The molecule has 0 aromatic carbocycles. The molecule has 1 aromatic rings. The van der Waals surface area contributed by atoms with Gasteiger partial charge in [0.05, 0.1) is 18.8 Å². The Morgan fingerprint density at radius 3 is 2.95 bits per heavy atom. The number of ether oxygens (including phenoxy) is 1. The molecule has 0 fully saturated rings. The lowest BCUT2D eigenvalue weighted by Gasteiger charge is -2.22. The summed E-state index contributed by atoms with van der Waals surface area (Å²) in [5, 5.41) is 3.16. The third-order valence-corrected chi connectivity index (χ3v) is 2.76. The Labute approximate surface area is 115 Å². The van der Waals surface area contributed by atoms with Crippen LogP contribution in [0.5, 0.6) is 0 Å². The third kappa shape index (κ3) is 6.31. The highest BCUT2D eigenvalue weighted by atomic mass is 16.5. The Morgan fingerprint density at radius 1 is 1.47 bits per heavy atom. The summed E-state index contributed by atoms with van der Waals surface area (Å²) >= 11 is 0. The smallest absolute Gasteiger partial charge is 0.224 e. The molecule has 0 bridgehead atoms. The van der Waals surface area contributed by atoms with Crippen LogP contribution in [0, 0.1) is 0 Å². The standard InChI is InChI=1S/C14H23N3O2/c1-3-15-9-7-14(18)17(10-11-19-2)12-13-6-4-5-8-16-13/h4-6,8,15H,3,7,9-12H2,1-2H3. The molecule has 19 heavy (non-hydrogen) atoms. The molecule has 5 heteroatoms. The summed E-state index contributed by atoms with van der Waals surface area (Å²) in [6.45, 7) is 5.29. The van der Waals surface area contributed by atoms with Crippen LogP contribution >= 0.6 is 0 Å². The summed E-state index contributed by atoms with van der Waals surface area (Å²) in [6.07, 6.45) is 2.25. The SMILES string of the molecule is CCNCCC(=O)N(CCOC)Cc1ccccn1. The molecule has 5 nitrogen and oxygen atoms in total. The number of methoxy groups -OCH3 is 1. The normalized spacial score (nSPS) is 10.4. The van der Waals surface area contributed by atoms with Gasteiger partial charge in [0, 0.05) is 32.8 Å². The lowest BCUT2D eigenvalue weighted by atomic mass is 10.3. The highest BCUT2D eigenvalue weighted by Crippen LogP contribution is 2.03. The van der Waals surface area contributed by atoms with Gasteiger partial charge in [0.1, 0.15) is 0 Å². The molecule has 106 valence electrons. The second kappa shape index (κ2) is 9.47. The van der Waals surface area contributed by atoms with E-state index in [0.717, 1.165) is 12.2 Å². The first-order chi connectivity index (χ1) is 9.27. The zero-order chi connectivity index (χ0) is 13.9. The summed E-state index contributed by atoms with van der Waals surface area (Å²) in [6, 6.07) is 5.73. The average molecular weight is 265 g/mol. The number of nitrogens with zero attached hydrogens (tertiary/aromatic N) is 2. The molecule has 0 aliphatic carbocycles.